The molecule has 1 aliphatic heterocycles. The number of anilines is 1. The number of ether oxygens (including phenoxy) is 1. The minimum atomic E-state index is -0.107. The molecule has 0 bridgehead atoms. The minimum absolute atomic E-state index is 0.0582. The molecule has 3 heterocycles. The normalized spacial score (nSPS) is 21.1. The van der Waals surface area contributed by atoms with Gasteiger partial charge in [-0.05, 0) is 19.3 Å². The quantitative estimate of drug-likeness (QED) is 0.727. The molecule has 1 fully saturated rings. The summed E-state index contributed by atoms with van der Waals surface area (Å²) in [5.74, 6) is 0.780. The summed E-state index contributed by atoms with van der Waals surface area (Å²) in [6, 6.07) is 0. The van der Waals surface area contributed by atoms with E-state index in [1.165, 1.54) is 19.3 Å². The monoisotopic (exact) mass is 319 g/mol. The van der Waals surface area contributed by atoms with E-state index in [2.05, 4.69) is 27.2 Å². The van der Waals surface area contributed by atoms with Crippen LogP contribution >= 0.6 is 0 Å². The zero-order valence-corrected chi connectivity index (χ0v) is 13.6. The van der Waals surface area contributed by atoms with E-state index in [9.17, 15) is 5.11 Å². The van der Waals surface area contributed by atoms with Crippen molar-refractivity contribution in [2.45, 2.75) is 57.8 Å². The van der Waals surface area contributed by atoms with Gasteiger partial charge in [0, 0.05) is 6.54 Å². The Morgan fingerprint density at radius 1 is 1.26 bits per heavy atom. The summed E-state index contributed by atoms with van der Waals surface area (Å²) in [6.07, 6.45) is 9.70. The number of rotatable bonds is 8. The van der Waals surface area contributed by atoms with Crippen LogP contribution in [0.2, 0.25) is 0 Å². The highest BCUT2D eigenvalue weighted by molar-refractivity contribution is 5.82. The molecule has 2 aromatic heterocycles. The second-order valence-corrected chi connectivity index (χ2v) is 6.01. The fourth-order valence-electron chi connectivity index (χ4n) is 2.98. The Kier molecular flexibility index (Phi) is 5.40. The van der Waals surface area contributed by atoms with E-state index in [1.54, 1.807) is 12.7 Å². The highest BCUT2D eigenvalue weighted by Gasteiger charge is 2.27. The van der Waals surface area contributed by atoms with E-state index >= 15 is 0 Å². The van der Waals surface area contributed by atoms with Crippen molar-refractivity contribution in [1.29, 1.82) is 0 Å². The SMILES string of the molecule is CCCCCCNc1ncnc2c1ncn2[C@H]1CC[C@@H](CO)O1. The Bertz CT molecular complexity index is 630. The number of hydrogen-bond acceptors (Lipinski definition) is 6. The predicted molar refractivity (Wildman–Crippen MR) is 88.2 cm³/mol. The van der Waals surface area contributed by atoms with Gasteiger partial charge < -0.3 is 15.2 Å². The number of fused-ring (bicyclic) bond motifs is 1. The third-order valence-electron chi connectivity index (χ3n) is 4.28. The first kappa shape index (κ1) is 16.1. The Hall–Kier alpha value is -1.73. The number of nitrogens with one attached hydrogen (secondary N) is 1. The van der Waals surface area contributed by atoms with Crippen LogP contribution in [0.25, 0.3) is 11.2 Å². The number of aliphatic hydroxyl groups excluding tert-OH is 1. The molecule has 7 nitrogen and oxygen atoms in total. The Morgan fingerprint density at radius 2 is 2.17 bits per heavy atom. The molecule has 0 unspecified atom stereocenters. The number of aliphatic hydroxyl groups is 1. The van der Waals surface area contributed by atoms with Crippen molar-refractivity contribution in [3.8, 4) is 0 Å². The first-order chi connectivity index (χ1) is 11.3. The summed E-state index contributed by atoms with van der Waals surface area (Å²) in [6.45, 7) is 3.16. The summed E-state index contributed by atoms with van der Waals surface area (Å²) in [5.41, 5.74) is 1.55. The highest BCUT2D eigenvalue weighted by atomic mass is 16.5. The highest BCUT2D eigenvalue weighted by Crippen LogP contribution is 2.31. The third kappa shape index (κ3) is 3.61. The third-order valence-corrected chi connectivity index (χ3v) is 4.28. The largest absolute Gasteiger partial charge is 0.394 e. The second-order valence-electron chi connectivity index (χ2n) is 6.01. The lowest BCUT2D eigenvalue weighted by molar-refractivity contribution is -0.0207. The smallest absolute Gasteiger partial charge is 0.167 e. The van der Waals surface area contributed by atoms with Crippen LogP contribution in [0.5, 0.6) is 0 Å². The van der Waals surface area contributed by atoms with Gasteiger partial charge in [0.05, 0.1) is 19.0 Å². The molecule has 3 rings (SSSR count). The zero-order chi connectivity index (χ0) is 16.1. The van der Waals surface area contributed by atoms with Gasteiger partial charge in [-0.1, -0.05) is 26.2 Å². The number of imidazole rings is 1. The molecule has 0 amide bonds. The molecule has 2 atom stereocenters. The van der Waals surface area contributed by atoms with Gasteiger partial charge in [0.25, 0.3) is 0 Å². The van der Waals surface area contributed by atoms with E-state index in [1.807, 2.05) is 4.57 Å². The summed E-state index contributed by atoms with van der Waals surface area (Å²) in [7, 11) is 0. The van der Waals surface area contributed by atoms with E-state index in [0.717, 1.165) is 42.8 Å². The van der Waals surface area contributed by atoms with Gasteiger partial charge in [0.1, 0.15) is 12.6 Å². The molecule has 1 aliphatic rings. The molecule has 126 valence electrons. The number of aromatic nitrogens is 4. The molecule has 0 spiro atoms. The lowest BCUT2D eigenvalue weighted by Gasteiger charge is -2.14. The molecule has 2 N–H and O–H groups in total. The molecular formula is C16H25N5O2. The molecule has 0 saturated carbocycles. The van der Waals surface area contributed by atoms with Crippen LogP contribution in [0, 0.1) is 0 Å². The van der Waals surface area contributed by atoms with Gasteiger partial charge in [0.15, 0.2) is 17.0 Å². The second kappa shape index (κ2) is 7.70. The van der Waals surface area contributed by atoms with Crippen LogP contribution in [0.15, 0.2) is 12.7 Å². The van der Waals surface area contributed by atoms with Crippen molar-refractivity contribution in [3.05, 3.63) is 12.7 Å². The van der Waals surface area contributed by atoms with Gasteiger partial charge in [-0.3, -0.25) is 4.57 Å². The Morgan fingerprint density at radius 3 is 2.96 bits per heavy atom. The molecule has 2 aromatic rings. The number of unbranched alkanes of at least 4 members (excludes halogenated alkanes) is 3. The maximum atomic E-state index is 9.21. The lowest BCUT2D eigenvalue weighted by Crippen LogP contribution is -2.14. The fourth-order valence-corrected chi connectivity index (χ4v) is 2.98. The number of nitrogens with zero attached hydrogens (tertiary/aromatic N) is 4. The van der Waals surface area contributed by atoms with Crippen LogP contribution in [0.1, 0.15) is 51.7 Å². The molecule has 7 heteroatoms. The van der Waals surface area contributed by atoms with Gasteiger partial charge in [-0.15, -0.1) is 0 Å². The van der Waals surface area contributed by atoms with Gasteiger partial charge in [0.2, 0.25) is 0 Å². The Labute approximate surface area is 136 Å². The summed E-state index contributed by atoms with van der Waals surface area (Å²) in [4.78, 5) is 13.1. The first-order valence-electron chi connectivity index (χ1n) is 8.51. The van der Waals surface area contributed by atoms with Crippen LogP contribution in [-0.2, 0) is 4.74 Å². The maximum absolute atomic E-state index is 9.21. The van der Waals surface area contributed by atoms with Gasteiger partial charge in [-0.2, -0.15) is 0 Å². The van der Waals surface area contributed by atoms with Crippen molar-refractivity contribution in [1.82, 2.24) is 19.5 Å². The minimum Gasteiger partial charge on any atom is -0.394 e. The molecule has 1 saturated heterocycles. The maximum Gasteiger partial charge on any atom is 0.167 e. The zero-order valence-electron chi connectivity index (χ0n) is 13.6. The van der Waals surface area contributed by atoms with Crippen molar-refractivity contribution in [2.75, 3.05) is 18.5 Å². The molecule has 0 aromatic carbocycles. The van der Waals surface area contributed by atoms with Crippen molar-refractivity contribution < 1.29 is 9.84 Å². The number of hydrogen-bond donors (Lipinski definition) is 2. The van der Waals surface area contributed by atoms with E-state index in [-0.39, 0.29) is 18.9 Å². The van der Waals surface area contributed by atoms with Gasteiger partial charge in [-0.25, -0.2) is 15.0 Å². The first-order valence-corrected chi connectivity index (χ1v) is 8.51. The van der Waals surface area contributed by atoms with E-state index < -0.39 is 0 Å². The molecule has 0 aliphatic carbocycles. The molecule has 0 radical (unpaired) electrons. The van der Waals surface area contributed by atoms with Gasteiger partial charge >= 0.3 is 0 Å². The van der Waals surface area contributed by atoms with Crippen molar-refractivity contribution in [2.24, 2.45) is 0 Å². The van der Waals surface area contributed by atoms with Crippen LogP contribution in [0.3, 0.4) is 0 Å². The topological polar surface area (TPSA) is 85.1 Å². The van der Waals surface area contributed by atoms with Crippen molar-refractivity contribution in [3.63, 3.8) is 0 Å². The summed E-state index contributed by atoms with van der Waals surface area (Å²) >= 11 is 0. The average Bonchev–Trinajstić information content (AvgIpc) is 3.21. The summed E-state index contributed by atoms with van der Waals surface area (Å²) < 4.78 is 7.76. The average molecular weight is 319 g/mol. The van der Waals surface area contributed by atoms with Crippen LogP contribution < -0.4 is 5.32 Å². The molecular weight excluding hydrogens is 294 g/mol. The lowest BCUT2D eigenvalue weighted by atomic mass is 10.2. The van der Waals surface area contributed by atoms with Crippen LogP contribution in [0.4, 0.5) is 5.82 Å². The standard InChI is InChI=1S/C16H25N5O2/c1-2-3-4-5-8-17-15-14-16(19-10-18-15)21(11-20-14)13-7-6-12(9-22)23-13/h10-13,22H,2-9H2,1H3,(H,17,18,19)/t12-,13+/m0/s1. The van der Waals surface area contributed by atoms with Crippen LogP contribution in [-0.4, -0.2) is 43.9 Å². The fraction of sp³-hybridized carbons (Fsp3) is 0.688. The molecule has 23 heavy (non-hydrogen) atoms. The van der Waals surface area contributed by atoms with E-state index in [0.29, 0.717) is 0 Å². The van der Waals surface area contributed by atoms with E-state index in [4.69, 9.17) is 4.74 Å². The predicted octanol–water partition coefficient (Wildman–Crippen LogP) is 2.49. The Balaban J connectivity index is 1.70. The van der Waals surface area contributed by atoms with Crippen molar-refractivity contribution >= 4 is 17.0 Å². The summed E-state index contributed by atoms with van der Waals surface area (Å²) in [5, 5.41) is 12.6.